The number of carbonyl (C=O) groups is 2. The lowest BCUT2D eigenvalue weighted by atomic mass is 9.79. The number of furan rings is 1. The normalized spacial score (nSPS) is 17.4. The fourth-order valence-corrected chi connectivity index (χ4v) is 3.62. The molecule has 1 aromatic heterocycles. The number of nitrogens with zero attached hydrogens (tertiary/aromatic N) is 1. The van der Waals surface area contributed by atoms with E-state index in [1.54, 1.807) is 11.0 Å². The van der Waals surface area contributed by atoms with Crippen LogP contribution in [-0.4, -0.2) is 53.1 Å². The van der Waals surface area contributed by atoms with Crippen LogP contribution >= 0.6 is 0 Å². The van der Waals surface area contributed by atoms with Gasteiger partial charge >= 0.3 is 13.1 Å². The Labute approximate surface area is 163 Å². The van der Waals surface area contributed by atoms with Crippen molar-refractivity contribution in [3.8, 4) is 0 Å². The van der Waals surface area contributed by atoms with E-state index >= 15 is 0 Å². The van der Waals surface area contributed by atoms with E-state index in [9.17, 15) is 19.6 Å². The molecule has 1 fully saturated rings. The Balaban J connectivity index is 1.65. The van der Waals surface area contributed by atoms with Gasteiger partial charge in [0.25, 0.3) is 0 Å². The van der Waals surface area contributed by atoms with Crippen LogP contribution < -0.4 is 10.6 Å². The highest BCUT2D eigenvalue weighted by atomic mass is 16.4. The highest BCUT2D eigenvalue weighted by molar-refractivity contribution is 6.41. The lowest BCUT2D eigenvalue weighted by Crippen LogP contribution is -2.46. The van der Waals surface area contributed by atoms with Gasteiger partial charge in [-0.1, -0.05) is 24.8 Å². The Hall–Kier alpha value is -2.78. The number of hydrogen-bond acceptors (Lipinski definition) is 5. The van der Waals surface area contributed by atoms with Gasteiger partial charge in [0, 0.05) is 36.4 Å². The molecular formula is C19H24BN3O5. The third-order valence-corrected chi connectivity index (χ3v) is 4.97. The molecule has 3 rings (SSSR count). The smallest absolute Gasteiger partial charge is 0.453 e. The number of rotatable bonds is 7. The molecule has 0 bridgehead atoms. The molecule has 0 aliphatic carbocycles. The molecule has 0 radical (unpaired) electrons. The molecule has 0 unspecified atom stereocenters. The Kier molecular flexibility index (Phi) is 6.38. The van der Waals surface area contributed by atoms with Gasteiger partial charge in [-0.05, 0) is 25.0 Å². The van der Waals surface area contributed by atoms with Gasteiger partial charge in [0.15, 0.2) is 0 Å². The van der Waals surface area contributed by atoms with Crippen LogP contribution in [0.2, 0.25) is 6.32 Å². The SMILES string of the molecule is C=CC(=O)N1CCC[C@@H]1CNC(=O)N[C@H](CB(O)O)c1coc2ccccc12. The molecular weight excluding hydrogens is 361 g/mol. The van der Waals surface area contributed by atoms with Gasteiger partial charge in [-0.15, -0.1) is 0 Å². The Morgan fingerprint density at radius 3 is 2.93 bits per heavy atom. The van der Waals surface area contributed by atoms with Gasteiger partial charge in [0.2, 0.25) is 5.91 Å². The van der Waals surface area contributed by atoms with Crippen molar-refractivity contribution < 1.29 is 24.1 Å². The lowest BCUT2D eigenvalue weighted by molar-refractivity contribution is -0.126. The predicted molar refractivity (Wildman–Crippen MR) is 105 cm³/mol. The molecule has 0 spiro atoms. The molecule has 1 aliphatic rings. The van der Waals surface area contributed by atoms with Gasteiger partial charge < -0.3 is 30.0 Å². The molecule has 9 heteroatoms. The van der Waals surface area contributed by atoms with E-state index in [1.165, 1.54) is 12.3 Å². The predicted octanol–water partition coefficient (Wildman–Crippen LogP) is 1.42. The van der Waals surface area contributed by atoms with Crippen LogP contribution in [0.1, 0.15) is 24.4 Å². The summed E-state index contributed by atoms with van der Waals surface area (Å²) in [6, 6.07) is 6.17. The molecule has 4 N–H and O–H groups in total. The van der Waals surface area contributed by atoms with E-state index in [4.69, 9.17) is 4.42 Å². The number of likely N-dealkylation sites (tertiary alicyclic amines) is 1. The summed E-state index contributed by atoms with van der Waals surface area (Å²) in [5.41, 5.74) is 1.32. The van der Waals surface area contributed by atoms with Crippen LogP contribution in [0.25, 0.3) is 11.0 Å². The largest absolute Gasteiger partial charge is 0.464 e. The van der Waals surface area contributed by atoms with E-state index in [1.807, 2.05) is 18.2 Å². The zero-order valence-corrected chi connectivity index (χ0v) is 15.5. The van der Waals surface area contributed by atoms with Gasteiger partial charge in [-0.25, -0.2) is 4.79 Å². The first kappa shape index (κ1) is 20.0. The summed E-state index contributed by atoms with van der Waals surface area (Å²) in [4.78, 5) is 26.0. The van der Waals surface area contributed by atoms with Crippen molar-refractivity contribution in [2.24, 2.45) is 0 Å². The standard InChI is InChI=1S/C19H24BN3O5/c1-2-18(24)23-9-5-6-13(23)11-21-19(25)22-16(10-20(26)27)15-12-28-17-8-4-3-7-14(15)17/h2-4,7-8,12-13,16,26-27H,1,5-6,9-11H2,(H2,21,22,25)/t13-,16-/m1/s1. The number of fused-ring (bicyclic) bond motifs is 1. The zero-order chi connectivity index (χ0) is 20.1. The minimum Gasteiger partial charge on any atom is -0.464 e. The quantitative estimate of drug-likeness (QED) is 0.425. The maximum atomic E-state index is 12.4. The van der Waals surface area contributed by atoms with E-state index < -0.39 is 19.2 Å². The summed E-state index contributed by atoms with van der Waals surface area (Å²) in [6.07, 6.45) is 4.40. The molecule has 1 aromatic carbocycles. The van der Waals surface area contributed by atoms with Crippen molar-refractivity contribution in [2.45, 2.75) is 31.2 Å². The topological polar surface area (TPSA) is 115 Å². The van der Waals surface area contributed by atoms with Crippen molar-refractivity contribution in [1.82, 2.24) is 15.5 Å². The van der Waals surface area contributed by atoms with Crippen LogP contribution in [0.5, 0.6) is 0 Å². The van der Waals surface area contributed by atoms with Crippen molar-refractivity contribution in [1.29, 1.82) is 0 Å². The van der Waals surface area contributed by atoms with Crippen LogP contribution in [0.15, 0.2) is 47.6 Å². The third kappa shape index (κ3) is 4.55. The van der Waals surface area contributed by atoms with Gasteiger partial charge in [0.05, 0.1) is 12.3 Å². The highest BCUT2D eigenvalue weighted by Gasteiger charge is 2.28. The first-order chi connectivity index (χ1) is 13.5. The average Bonchev–Trinajstić information content (AvgIpc) is 3.31. The first-order valence-corrected chi connectivity index (χ1v) is 9.29. The maximum absolute atomic E-state index is 12.4. The number of amides is 3. The number of para-hydroxylation sites is 1. The summed E-state index contributed by atoms with van der Waals surface area (Å²) in [5, 5.41) is 25.2. The van der Waals surface area contributed by atoms with Crippen LogP contribution in [0.4, 0.5) is 4.79 Å². The zero-order valence-electron chi connectivity index (χ0n) is 15.5. The molecule has 1 aliphatic heterocycles. The van der Waals surface area contributed by atoms with Crippen molar-refractivity contribution in [2.75, 3.05) is 13.1 Å². The molecule has 2 atom stereocenters. The average molecular weight is 385 g/mol. The number of carbonyl (C=O) groups excluding carboxylic acids is 2. The summed E-state index contributed by atoms with van der Waals surface area (Å²) in [6.45, 7) is 4.47. The van der Waals surface area contributed by atoms with Crippen LogP contribution in [0.3, 0.4) is 0 Å². The molecule has 3 amide bonds. The van der Waals surface area contributed by atoms with Crippen molar-refractivity contribution >= 4 is 30.0 Å². The Morgan fingerprint density at radius 2 is 2.18 bits per heavy atom. The molecule has 148 valence electrons. The summed E-state index contributed by atoms with van der Waals surface area (Å²) < 4.78 is 5.50. The third-order valence-electron chi connectivity index (χ3n) is 4.97. The summed E-state index contributed by atoms with van der Waals surface area (Å²) in [7, 11) is -1.59. The fraction of sp³-hybridized carbons (Fsp3) is 0.368. The molecule has 2 aromatic rings. The van der Waals surface area contributed by atoms with E-state index in [0.717, 1.165) is 18.2 Å². The number of urea groups is 1. The summed E-state index contributed by atoms with van der Waals surface area (Å²) >= 11 is 0. The van der Waals surface area contributed by atoms with E-state index in [2.05, 4.69) is 17.2 Å². The first-order valence-electron chi connectivity index (χ1n) is 9.29. The van der Waals surface area contributed by atoms with Crippen molar-refractivity contribution in [3.63, 3.8) is 0 Å². The fourth-order valence-electron chi connectivity index (χ4n) is 3.62. The number of hydrogen-bond donors (Lipinski definition) is 4. The number of benzene rings is 1. The second-order valence-electron chi connectivity index (χ2n) is 6.84. The van der Waals surface area contributed by atoms with Gasteiger partial charge in [-0.2, -0.15) is 0 Å². The maximum Gasteiger partial charge on any atom is 0.453 e. The molecule has 8 nitrogen and oxygen atoms in total. The monoisotopic (exact) mass is 385 g/mol. The molecule has 28 heavy (non-hydrogen) atoms. The van der Waals surface area contributed by atoms with Crippen LogP contribution in [0, 0.1) is 0 Å². The lowest BCUT2D eigenvalue weighted by Gasteiger charge is -2.24. The van der Waals surface area contributed by atoms with E-state index in [0.29, 0.717) is 24.2 Å². The molecule has 0 saturated carbocycles. The van der Waals surface area contributed by atoms with Gasteiger partial charge in [0.1, 0.15) is 5.58 Å². The summed E-state index contributed by atoms with van der Waals surface area (Å²) in [5.74, 6) is -0.143. The van der Waals surface area contributed by atoms with Crippen molar-refractivity contribution in [3.05, 3.63) is 48.7 Å². The minimum atomic E-state index is -1.59. The van der Waals surface area contributed by atoms with Gasteiger partial charge in [-0.3, -0.25) is 4.79 Å². The van der Waals surface area contributed by atoms with Crippen LogP contribution in [-0.2, 0) is 4.79 Å². The molecule has 1 saturated heterocycles. The minimum absolute atomic E-state index is 0.0760. The Morgan fingerprint density at radius 1 is 1.39 bits per heavy atom. The highest BCUT2D eigenvalue weighted by Crippen LogP contribution is 2.29. The second-order valence-corrected chi connectivity index (χ2v) is 6.84. The molecule has 2 heterocycles. The Bertz CT molecular complexity index is 853. The second kappa shape index (κ2) is 8.94. The van der Waals surface area contributed by atoms with E-state index in [-0.39, 0.29) is 18.3 Å². The number of nitrogens with one attached hydrogen (secondary N) is 2.